The lowest BCUT2D eigenvalue weighted by Gasteiger charge is -2.08. The van der Waals surface area contributed by atoms with Crippen LogP contribution in [0.3, 0.4) is 0 Å². The first-order chi connectivity index (χ1) is 13.1. The van der Waals surface area contributed by atoms with Gasteiger partial charge < -0.3 is 9.15 Å². The van der Waals surface area contributed by atoms with Gasteiger partial charge in [-0.2, -0.15) is 0 Å². The van der Waals surface area contributed by atoms with Crippen LogP contribution in [-0.2, 0) is 14.8 Å². The molecule has 0 spiro atoms. The number of nitro benzene ring substituents is 1. The Morgan fingerprint density at radius 2 is 1.96 bits per heavy atom. The van der Waals surface area contributed by atoms with Crippen molar-refractivity contribution in [3.8, 4) is 0 Å². The molecule has 0 unspecified atom stereocenters. The second-order valence-electron chi connectivity index (χ2n) is 5.71. The third kappa shape index (κ3) is 3.51. The number of fused-ring (bicyclic) bond motifs is 1. The van der Waals surface area contributed by atoms with Gasteiger partial charge in [-0.15, -0.1) is 0 Å². The number of aryl methyl sites for hydroxylation is 1. The average Bonchev–Trinajstić information content (AvgIpc) is 2.95. The summed E-state index contributed by atoms with van der Waals surface area (Å²) < 4.78 is 37.7. The number of carbonyl (C=O) groups excluding carboxylic acids is 1. The van der Waals surface area contributed by atoms with Gasteiger partial charge in [0.2, 0.25) is 0 Å². The first-order valence-electron chi connectivity index (χ1n) is 7.72. The molecule has 3 rings (SSSR count). The molecule has 0 bridgehead atoms. The van der Waals surface area contributed by atoms with Crippen molar-refractivity contribution >= 4 is 49.9 Å². The molecule has 0 atom stereocenters. The van der Waals surface area contributed by atoms with E-state index < -0.39 is 26.6 Å². The number of sulfonamides is 1. The van der Waals surface area contributed by atoms with E-state index in [9.17, 15) is 23.3 Å². The van der Waals surface area contributed by atoms with Gasteiger partial charge in [0, 0.05) is 17.1 Å². The van der Waals surface area contributed by atoms with E-state index in [1.807, 2.05) is 0 Å². The second-order valence-corrected chi connectivity index (χ2v) is 7.80. The minimum Gasteiger partial charge on any atom is -0.465 e. The molecule has 3 aromatic rings. The SMILES string of the molecule is COC(=O)c1c(C)oc2ccc(NS(=O)(=O)c3ccc(Cl)c([N+](=O)[O-])c3)cc12. The van der Waals surface area contributed by atoms with Crippen LogP contribution in [0.25, 0.3) is 11.0 Å². The van der Waals surface area contributed by atoms with Gasteiger partial charge in [-0.05, 0) is 37.3 Å². The molecular formula is C17H13ClN2O7S. The maximum atomic E-state index is 12.6. The van der Waals surface area contributed by atoms with E-state index in [1.165, 1.54) is 25.3 Å². The highest BCUT2D eigenvalue weighted by Gasteiger charge is 2.23. The lowest BCUT2D eigenvalue weighted by atomic mass is 10.1. The van der Waals surface area contributed by atoms with E-state index in [4.69, 9.17) is 20.8 Å². The second kappa shape index (κ2) is 7.13. The van der Waals surface area contributed by atoms with Crippen LogP contribution < -0.4 is 4.72 Å². The van der Waals surface area contributed by atoms with Crippen molar-refractivity contribution < 1.29 is 27.3 Å². The number of nitro groups is 1. The highest BCUT2D eigenvalue weighted by molar-refractivity contribution is 7.92. The summed E-state index contributed by atoms with van der Waals surface area (Å²) in [4.78, 5) is 21.8. The van der Waals surface area contributed by atoms with Gasteiger partial charge >= 0.3 is 5.97 Å². The number of hydrogen-bond acceptors (Lipinski definition) is 7. The standard InChI is InChI=1S/C17H13ClN2O7S/c1-9-16(17(21)26-2)12-7-10(3-6-15(12)27-9)19-28(24,25)11-4-5-13(18)14(8-11)20(22)23/h3-8,19H,1-2H3. The monoisotopic (exact) mass is 424 g/mol. The molecule has 0 saturated carbocycles. The molecule has 0 aliphatic rings. The Kier molecular flexibility index (Phi) is 5.01. The van der Waals surface area contributed by atoms with E-state index in [-0.39, 0.29) is 21.2 Å². The molecule has 0 amide bonds. The number of rotatable bonds is 5. The normalized spacial score (nSPS) is 11.4. The number of nitrogens with one attached hydrogen (secondary N) is 1. The molecule has 9 nitrogen and oxygen atoms in total. The fraction of sp³-hybridized carbons (Fsp3) is 0.118. The zero-order valence-corrected chi connectivity index (χ0v) is 16.1. The number of furan rings is 1. The number of hydrogen-bond donors (Lipinski definition) is 1. The number of methoxy groups -OCH3 is 1. The Labute approximate surface area is 164 Å². The van der Waals surface area contributed by atoms with Gasteiger partial charge in [-0.1, -0.05) is 11.6 Å². The van der Waals surface area contributed by atoms with Crippen LogP contribution in [0, 0.1) is 17.0 Å². The predicted molar refractivity (Wildman–Crippen MR) is 101 cm³/mol. The number of ether oxygens (including phenoxy) is 1. The lowest BCUT2D eigenvalue weighted by Crippen LogP contribution is -2.13. The van der Waals surface area contributed by atoms with Crippen molar-refractivity contribution in [2.45, 2.75) is 11.8 Å². The molecule has 1 N–H and O–H groups in total. The smallest absolute Gasteiger partial charge is 0.342 e. The zero-order chi connectivity index (χ0) is 20.6. The lowest BCUT2D eigenvalue weighted by molar-refractivity contribution is -0.384. The third-order valence-electron chi connectivity index (χ3n) is 3.93. The van der Waals surface area contributed by atoms with Gasteiger partial charge in [-0.25, -0.2) is 13.2 Å². The summed E-state index contributed by atoms with van der Waals surface area (Å²) in [6, 6.07) is 7.50. The summed E-state index contributed by atoms with van der Waals surface area (Å²) in [7, 11) is -2.92. The van der Waals surface area contributed by atoms with Crippen LogP contribution in [-0.4, -0.2) is 26.4 Å². The van der Waals surface area contributed by atoms with Gasteiger partial charge in [0.25, 0.3) is 15.7 Å². The quantitative estimate of drug-likeness (QED) is 0.373. The summed E-state index contributed by atoms with van der Waals surface area (Å²) >= 11 is 5.72. The Bertz CT molecular complexity index is 1220. The highest BCUT2D eigenvalue weighted by atomic mass is 35.5. The van der Waals surface area contributed by atoms with Crippen molar-refractivity contribution in [3.63, 3.8) is 0 Å². The zero-order valence-electron chi connectivity index (χ0n) is 14.6. The topological polar surface area (TPSA) is 129 Å². The molecule has 1 heterocycles. The fourth-order valence-electron chi connectivity index (χ4n) is 2.65. The summed E-state index contributed by atoms with van der Waals surface area (Å²) in [5.41, 5.74) is 0.165. The Hall–Kier alpha value is -3.11. The van der Waals surface area contributed by atoms with E-state index in [0.717, 1.165) is 18.2 Å². The maximum absolute atomic E-state index is 12.6. The fourth-order valence-corrected chi connectivity index (χ4v) is 3.91. The van der Waals surface area contributed by atoms with Crippen LogP contribution in [0.2, 0.25) is 5.02 Å². The largest absolute Gasteiger partial charge is 0.465 e. The molecule has 28 heavy (non-hydrogen) atoms. The van der Waals surface area contributed by atoms with Gasteiger partial charge in [0.05, 0.1) is 16.9 Å². The van der Waals surface area contributed by atoms with Crippen molar-refractivity contribution in [2.75, 3.05) is 11.8 Å². The Morgan fingerprint density at radius 3 is 2.61 bits per heavy atom. The molecule has 1 aromatic heterocycles. The van der Waals surface area contributed by atoms with E-state index in [1.54, 1.807) is 6.92 Å². The summed E-state index contributed by atoms with van der Waals surface area (Å²) in [5.74, 6) is -0.292. The van der Waals surface area contributed by atoms with Crippen LogP contribution in [0.15, 0.2) is 45.7 Å². The Balaban J connectivity index is 2.03. The number of halogens is 1. The minimum absolute atomic E-state index is 0.135. The number of benzene rings is 2. The van der Waals surface area contributed by atoms with E-state index in [2.05, 4.69) is 4.72 Å². The molecule has 0 radical (unpaired) electrons. The van der Waals surface area contributed by atoms with E-state index >= 15 is 0 Å². The summed E-state index contributed by atoms with van der Waals surface area (Å²) in [6.07, 6.45) is 0. The molecule has 0 aliphatic heterocycles. The van der Waals surface area contributed by atoms with Crippen LogP contribution in [0.5, 0.6) is 0 Å². The molecule has 0 saturated heterocycles. The van der Waals surface area contributed by atoms with Crippen molar-refractivity contribution in [2.24, 2.45) is 0 Å². The minimum atomic E-state index is -4.15. The van der Waals surface area contributed by atoms with Crippen LogP contribution in [0.4, 0.5) is 11.4 Å². The van der Waals surface area contributed by atoms with Crippen LogP contribution >= 0.6 is 11.6 Å². The molecule has 0 aliphatic carbocycles. The maximum Gasteiger partial charge on any atom is 0.342 e. The molecular weight excluding hydrogens is 412 g/mol. The highest BCUT2D eigenvalue weighted by Crippen LogP contribution is 2.31. The van der Waals surface area contributed by atoms with E-state index in [0.29, 0.717) is 16.7 Å². The van der Waals surface area contributed by atoms with Crippen molar-refractivity contribution in [1.29, 1.82) is 0 Å². The Morgan fingerprint density at radius 1 is 1.25 bits per heavy atom. The summed E-state index contributed by atoms with van der Waals surface area (Å²) in [6.45, 7) is 1.59. The number of esters is 1. The molecule has 146 valence electrons. The molecule has 11 heteroatoms. The first-order valence-corrected chi connectivity index (χ1v) is 9.58. The van der Waals surface area contributed by atoms with Gasteiger partial charge in [-0.3, -0.25) is 14.8 Å². The third-order valence-corrected chi connectivity index (χ3v) is 5.63. The number of carbonyl (C=O) groups is 1. The van der Waals surface area contributed by atoms with Crippen molar-refractivity contribution in [1.82, 2.24) is 0 Å². The number of anilines is 1. The average molecular weight is 425 g/mol. The first kappa shape index (κ1) is 19.6. The van der Waals surface area contributed by atoms with Crippen LogP contribution in [0.1, 0.15) is 16.1 Å². The van der Waals surface area contributed by atoms with Gasteiger partial charge in [0.1, 0.15) is 21.9 Å². The summed E-state index contributed by atoms with van der Waals surface area (Å²) in [5, 5.41) is 11.2. The predicted octanol–water partition coefficient (Wildman–Crippen LogP) is 3.89. The molecule has 2 aromatic carbocycles. The van der Waals surface area contributed by atoms with Crippen molar-refractivity contribution in [3.05, 3.63) is 62.9 Å². The molecule has 0 fully saturated rings. The number of nitrogens with zero attached hydrogens (tertiary/aromatic N) is 1. The van der Waals surface area contributed by atoms with Gasteiger partial charge in [0.15, 0.2) is 0 Å².